The normalized spacial score (nSPS) is 19.0. The first-order chi connectivity index (χ1) is 31.5. The number of pyridine rings is 1. The summed E-state index contributed by atoms with van der Waals surface area (Å²) >= 11 is 0. The van der Waals surface area contributed by atoms with Crippen LogP contribution in [0.5, 0.6) is 0 Å². The van der Waals surface area contributed by atoms with Crippen LogP contribution >= 0.6 is 0 Å². The Labute approximate surface area is 376 Å². The molecule has 4 aromatic heterocycles. The number of nitrogens with one attached hydrogen (secondary N) is 3. The van der Waals surface area contributed by atoms with Crippen molar-refractivity contribution in [1.29, 1.82) is 0 Å². The summed E-state index contributed by atoms with van der Waals surface area (Å²) in [6.07, 6.45) is 10.5. The first-order valence-electron chi connectivity index (χ1n) is 23.1. The molecule has 1 aliphatic carbocycles. The zero-order valence-corrected chi connectivity index (χ0v) is 37.0. The van der Waals surface area contributed by atoms with Gasteiger partial charge in [-0.1, -0.05) is 17.3 Å². The van der Waals surface area contributed by atoms with Crippen molar-refractivity contribution in [2.45, 2.75) is 115 Å². The molecule has 5 aromatic rings. The van der Waals surface area contributed by atoms with Gasteiger partial charge in [0.05, 0.1) is 16.6 Å². The average molecular weight is 889 g/mol. The number of carbonyl (C=O) groups is 4. The SMILES string of the molecule is CC(C)n1nc(-c2noc(C3CC3)c2-c2ccc(CNC(=O)CCCC(=O)N3CCC(CN4CCC(c5ccc(NC6CCC(=O)NC6=O)cc5F)CC4)CC3)cn2)c2c(N)ncnc21. The number of piperidine rings is 3. The molecule has 4 aliphatic rings. The van der Waals surface area contributed by atoms with Crippen molar-refractivity contribution in [3.05, 3.63) is 65.6 Å². The first-order valence-corrected chi connectivity index (χ1v) is 23.1. The minimum Gasteiger partial charge on any atom is -0.383 e. The molecule has 1 aromatic carbocycles. The molecule has 65 heavy (non-hydrogen) atoms. The van der Waals surface area contributed by atoms with Gasteiger partial charge in [-0.3, -0.25) is 29.5 Å². The lowest BCUT2D eigenvalue weighted by molar-refractivity contribution is -0.134. The number of nitrogens with two attached hydrogens (primary N) is 1. The monoisotopic (exact) mass is 888 g/mol. The van der Waals surface area contributed by atoms with Gasteiger partial charge >= 0.3 is 0 Å². The molecule has 1 saturated carbocycles. The fraction of sp³-hybridized carbons (Fsp3) is 0.511. The van der Waals surface area contributed by atoms with Crippen molar-refractivity contribution in [3.63, 3.8) is 0 Å². The number of halogens is 1. The highest BCUT2D eigenvalue weighted by Gasteiger charge is 2.36. The lowest BCUT2D eigenvalue weighted by Crippen LogP contribution is -2.47. The van der Waals surface area contributed by atoms with Gasteiger partial charge in [0, 0.05) is 69.3 Å². The van der Waals surface area contributed by atoms with Crippen molar-refractivity contribution in [2.75, 3.05) is 43.8 Å². The molecule has 3 aliphatic heterocycles. The van der Waals surface area contributed by atoms with Crippen LogP contribution in [0.1, 0.15) is 119 Å². The molecule has 1 atom stereocenters. The van der Waals surface area contributed by atoms with E-state index in [1.807, 2.05) is 47.7 Å². The number of hydrogen-bond donors (Lipinski definition) is 4. The highest BCUT2D eigenvalue weighted by molar-refractivity contribution is 6.02. The lowest BCUT2D eigenvalue weighted by atomic mass is 9.87. The van der Waals surface area contributed by atoms with Gasteiger partial charge in [0.15, 0.2) is 5.65 Å². The number of rotatable bonds is 15. The van der Waals surface area contributed by atoms with E-state index in [1.54, 1.807) is 6.20 Å². The molecular formula is C47H57FN12O5. The van der Waals surface area contributed by atoms with Crippen molar-refractivity contribution in [1.82, 2.24) is 50.3 Å². The summed E-state index contributed by atoms with van der Waals surface area (Å²) in [4.78, 5) is 67.4. The highest BCUT2D eigenvalue weighted by atomic mass is 19.1. The van der Waals surface area contributed by atoms with Crippen LogP contribution in [0.25, 0.3) is 33.7 Å². The van der Waals surface area contributed by atoms with E-state index < -0.39 is 6.04 Å². The van der Waals surface area contributed by atoms with Crippen molar-refractivity contribution in [2.24, 2.45) is 5.92 Å². The molecule has 1 unspecified atom stereocenters. The maximum atomic E-state index is 15.2. The second-order valence-electron chi connectivity index (χ2n) is 18.4. The maximum Gasteiger partial charge on any atom is 0.249 e. The molecule has 0 spiro atoms. The molecule has 9 rings (SSSR count). The number of carbonyl (C=O) groups excluding carboxylic acids is 4. The second-order valence-corrected chi connectivity index (χ2v) is 18.4. The van der Waals surface area contributed by atoms with Gasteiger partial charge in [0.2, 0.25) is 23.6 Å². The Hall–Kier alpha value is -6.30. The summed E-state index contributed by atoms with van der Waals surface area (Å²) in [5, 5.41) is 18.3. The molecule has 4 fully saturated rings. The van der Waals surface area contributed by atoms with Crippen LogP contribution < -0.4 is 21.7 Å². The third-order valence-electron chi connectivity index (χ3n) is 13.4. The molecule has 342 valence electrons. The van der Waals surface area contributed by atoms with Gasteiger partial charge in [0.25, 0.3) is 0 Å². The first kappa shape index (κ1) is 43.9. The number of nitrogen functional groups attached to an aromatic ring is 1. The Morgan fingerprint density at radius 3 is 2.45 bits per heavy atom. The van der Waals surface area contributed by atoms with Gasteiger partial charge in [-0.05, 0) is 119 Å². The van der Waals surface area contributed by atoms with E-state index in [4.69, 9.17) is 20.3 Å². The number of aromatic nitrogens is 6. The Balaban J connectivity index is 0.692. The highest BCUT2D eigenvalue weighted by Crippen LogP contribution is 2.48. The standard InChI is InChI=1S/C47H57FN12O5/c1-27(2)60-46-41(45(49)52-26-53-46)42(56-60)43-40(44(65-57-43)31-7-8-31)35-11-6-29(23-50-35)24-51-37(61)4-3-5-39(63)59-20-14-28(15-21-59)25-58-18-16-30(17-19-58)33-10-9-32(22-34(33)48)54-36-12-13-38(62)55-47(36)64/h6,9-11,22-23,26-28,30-31,36,54H,3-5,7-8,12-21,24-25H2,1-2H3,(H,51,61)(H2,49,52,53)(H,55,62,64). The van der Waals surface area contributed by atoms with Gasteiger partial charge < -0.3 is 30.7 Å². The number of imide groups is 1. The topological polar surface area (TPSA) is 219 Å². The summed E-state index contributed by atoms with van der Waals surface area (Å²) in [7, 11) is 0. The molecule has 4 amide bonds. The Morgan fingerprint density at radius 2 is 1.74 bits per heavy atom. The van der Waals surface area contributed by atoms with E-state index in [0.717, 1.165) is 88.1 Å². The summed E-state index contributed by atoms with van der Waals surface area (Å²) < 4.78 is 23.0. The van der Waals surface area contributed by atoms with Crippen LogP contribution in [-0.2, 0) is 25.7 Å². The van der Waals surface area contributed by atoms with Crippen molar-refractivity contribution in [3.8, 4) is 22.6 Å². The van der Waals surface area contributed by atoms with Crippen LogP contribution in [0, 0.1) is 11.7 Å². The van der Waals surface area contributed by atoms with Crippen LogP contribution in [-0.4, -0.2) is 102 Å². The van der Waals surface area contributed by atoms with Gasteiger partial charge in [-0.25, -0.2) is 19.0 Å². The van der Waals surface area contributed by atoms with Crippen molar-refractivity contribution < 1.29 is 28.1 Å². The van der Waals surface area contributed by atoms with Crippen molar-refractivity contribution >= 4 is 46.2 Å². The molecule has 5 N–H and O–H groups in total. The molecule has 3 saturated heterocycles. The number of fused-ring (bicyclic) bond motifs is 1. The quantitative estimate of drug-likeness (QED) is 0.0909. The summed E-state index contributed by atoms with van der Waals surface area (Å²) in [5.74, 6) is 1.02. The van der Waals surface area contributed by atoms with Gasteiger partial charge in [0.1, 0.15) is 41.2 Å². The van der Waals surface area contributed by atoms with Crippen LogP contribution in [0.2, 0.25) is 0 Å². The predicted molar refractivity (Wildman–Crippen MR) is 240 cm³/mol. The Kier molecular flexibility index (Phi) is 12.9. The second kappa shape index (κ2) is 19.0. The Bertz CT molecular complexity index is 2560. The predicted octanol–water partition coefficient (Wildman–Crippen LogP) is 5.84. The number of likely N-dealkylation sites (tertiary alicyclic amines) is 2. The molecule has 0 radical (unpaired) electrons. The fourth-order valence-corrected chi connectivity index (χ4v) is 9.52. The Morgan fingerprint density at radius 1 is 0.938 bits per heavy atom. The zero-order valence-electron chi connectivity index (χ0n) is 37.0. The minimum atomic E-state index is -0.552. The minimum absolute atomic E-state index is 0.0261. The number of hydrogen-bond acceptors (Lipinski definition) is 13. The van der Waals surface area contributed by atoms with E-state index in [-0.39, 0.29) is 60.2 Å². The number of benzene rings is 1. The van der Waals surface area contributed by atoms with E-state index in [2.05, 4.69) is 36.0 Å². The largest absolute Gasteiger partial charge is 0.383 e. The van der Waals surface area contributed by atoms with E-state index in [9.17, 15) is 19.2 Å². The molecule has 7 heterocycles. The smallest absolute Gasteiger partial charge is 0.249 e. The number of anilines is 2. The van der Waals surface area contributed by atoms with E-state index >= 15 is 4.39 Å². The zero-order chi connectivity index (χ0) is 45.2. The lowest BCUT2D eigenvalue weighted by Gasteiger charge is -2.38. The molecule has 18 heteroatoms. The maximum absolute atomic E-state index is 15.2. The fourth-order valence-electron chi connectivity index (χ4n) is 9.52. The average Bonchev–Trinajstić information content (AvgIpc) is 3.92. The molecular weight excluding hydrogens is 832 g/mol. The van der Waals surface area contributed by atoms with E-state index in [1.165, 1.54) is 12.4 Å². The number of amides is 4. The molecule has 0 bridgehead atoms. The summed E-state index contributed by atoms with van der Waals surface area (Å²) in [5.41, 5.74) is 11.6. The number of nitrogens with zero attached hydrogens (tertiary/aromatic N) is 8. The van der Waals surface area contributed by atoms with Gasteiger partial charge in [-0.2, -0.15) is 5.10 Å². The summed E-state index contributed by atoms with van der Waals surface area (Å²) in [6.45, 7) is 8.56. The van der Waals surface area contributed by atoms with Gasteiger partial charge in [-0.15, -0.1) is 0 Å². The van der Waals surface area contributed by atoms with Crippen LogP contribution in [0.15, 0.2) is 47.4 Å². The van der Waals surface area contributed by atoms with Crippen LogP contribution in [0.4, 0.5) is 15.9 Å². The van der Waals surface area contributed by atoms with Crippen LogP contribution in [0.3, 0.4) is 0 Å². The third-order valence-corrected chi connectivity index (χ3v) is 13.4. The van der Waals surface area contributed by atoms with E-state index in [0.29, 0.717) is 76.9 Å². The summed E-state index contributed by atoms with van der Waals surface area (Å²) in [6, 6.07) is 8.41. The third kappa shape index (κ3) is 9.87. The molecule has 17 nitrogen and oxygen atoms in total.